The molecule has 0 fully saturated rings. The monoisotopic (exact) mass is 304 g/mol. The van der Waals surface area contributed by atoms with E-state index in [2.05, 4.69) is 0 Å². The van der Waals surface area contributed by atoms with Crippen LogP contribution in [0, 0.1) is 0 Å². The lowest BCUT2D eigenvalue weighted by atomic mass is 9.95. The van der Waals surface area contributed by atoms with Crippen molar-refractivity contribution >= 4 is 11.6 Å². The first-order chi connectivity index (χ1) is 10.2. The summed E-state index contributed by atoms with van der Waals surface area (Å²) in [4.78, 5) is 0. The average Bonchev–Trinajstić information content (AvgIpc) is 2.96. The zero-order valence-corrected chi connectivity index (χ0v) is 11.8. The molecule has 0 aromatic heterocycles. The second-order valence-corrected chi connectivity index (χ2v) is 5.54. The molecule has 4 rings (SSSR count). The van der Waals surface area contributed by atoms with Crippen molar-refractivity contribution in [3.63, 3.8) is 0 Å². The fourth-order valence-electron chi connectivity index (χ4n) is 2.77. The molecule has 2 aromatic carbocycles. The molecule has 0 spiro atoms. The summed E-state index contributed by atoms with van der Waals surface area (Å²) in [6, 6.07) is 11.2. The number of hydrogen-bond donors (Lipinski definition) is 1. The van der Waals surface area contributed by atoms with E-state index in [0.29, 0.717) is 28.7 Å². The van der Waals surface area contributed by atoms with Gasteiger partial charge in [-0.3, -0.25) is 0 Å². The van der Waals surface area contributed by atoms with Gasteiger partial charge in [-0.1, -0.05) is 29.8 Å². The summed E-state index contributed by atoms with van der Waals surface area (Å²) in [6.07, 6.45) is -0.335. The third kappa shape index (κ3) is 2.11. The highest BCUT2D eigenvalue weighted by Crippen LogP contribution is 2.45. The first-order valence-corrected chi connectivity index (χ1v) is 7.13. The molecule has 21 heavy (non-hydrogen) atoms. The summed E-state index contributed by atoms with van der Waals surface area (Å²) in [7, 11) is 0. The zero-order chi connectivity index (χ0) is 14.4. The molecule has 0 amide bonds. The van der Waals surface area contributed by atoms with E-state index in [1.807, 2.05) is 30.3 Å². The lowest BCUT2D eigenvalue weighted by Gasteiger charge is -2.30. The van der Waals surface area contributed by atoms with Gasteiger partial charge in [0.2, 0.25) is 6.79 Å². The average molecular weight is 305 g/mol. The quantitative estimate of drug-likeness (QED) is 0.874. The molecule has 0 saturated heterocycles. The van der Waals surface area contributed by atoms with Crippen LogP contribution >= 0.6 is 11.6 Å². The first-order valence-electron chi connectivity index (χ1n) is 6.75. The second kappa shape index (κ2) is 4.83. The number of aliphatic hydroxyl groups is 1. The molecule has 0 radical (unpaired) electrons. The highest BCUT2D eigenvalue weighted by atomic mass is 35.5. The van der Waals surface area contributed by atoms with Crippen LogP contribution in [0.15, 0.2) is 36.4 Å². The van der Waals surface area contributed by atoms with Gasteiger partial charge in [-0.2, -0.15) is 0 Å². The summed E-state index contributed by atoms with van der Waals surface area (Å²) >= 11 is 6.21. The van der Waals surface area contributed by atoms with E-state index in [1.54, 1.807) is 6.07 Å². The molecular weight excluding hydrogens is 292 g/mol. The van der Waals surface area contributed by atoms with Gasteiger partial charge in [-0.05, 0) is 23.8 Å². The van der Waals surface area contributed by atoms with Crippen LogP contribution in [0.25, 0.3) is 0 Å². The van der Waals surface area contributed by atoms with Gasteiger partial charge < -0.3 is 19.3 Å². The largest absolute Gasteiger partial charge is 0.485 e. The van der Waals surface area contributed by atoms with Crippen molar-refractivity contribution < 1.29 is 19.3 Å². The fourth-order valence-corrected chi connectivity index (χ4v) is 3.05. The van der Waals surface area contributed by atoms with Gasteiger partial charge in [-0.25, -0.2) is 0 Å². The van der Waals surface area contributed by atoms with Gasteiger partial charge in [0, 0.05) is 12.0 Å². The minimum absolute atomic E-state index is 0.176. The van der Waals surface area contributed by atoms with Crippen molar-refractivity contribution in [3.8, 4) is 17.2 Å². The second-order valence-electron chi connectivity index (χ2n) is 5.13. The number of fused-ring (bicyclic) bond motifs is 2. The minimum atomic E-state index is -0.552. The van der Waals surface area contributed by atoms with Crippen LogP contribution in [0.5, 0.6) is 17.2 Å². The van der Waals surface area contributed by atoms with E-state index >= 15 is 0 Å². The summed E-state index contributed by atoms with van der Waals surface area (Å²) < 4.78 is 16.7. The molecule has 0 saturated carbocycles. The molecule has 2 aliphatic heterocycles. The Hall–Kier alpha value is -1.91. The molecule has 4 nitrogen and oxygen atoms in total. The predicted octanol–water partition coefficient (Wildman–Crippen LogP) is 3.63. The first kappa shape index (κ1) is 12.8. The topological polar surface area (TPSA) is 47.9 Å². The molecule has 0 aliphatic carbocycles. The van der Waals surface area contributed by atoms with E-state index in [0.717, 1.165) is 11.1 Å². The molecule has 1 unspecified atom stereocenters. The summed E-state index contributed by atoms with van der Waals surface area (Å²) in [6.45, 7) is 0.176. The number of ether oxygens (including phenoxy) is 3. The Morgan fingerprint density at radius 1 is 1.10 bits per heavy atom. The van der Waals surface area contributed by atoms with Crippen LogP contribution in [0.3, 0.4) is 0 Å². The number of para-hydroxylation sites is 1. The van der Waals surface area contributed by atoms with Crippen LogP contribution in [-0.4, -0.2) is 11.9 Å². The molecule has 2 atom stereocenters. The molecule has 2 heterocycles. The Kier molecular flexibility index (Phi) is 2.94. The van der Waals surface area contributed by atoms with E-state index in [9.17, 15) is 5.11 Å². The lowest BCUT2D eigenvalue weighted by molar-refractivity contribution is 0.0656. The van der Waals surface area contributed by atoms with Gasteiger partial charge in [0.1, 0.15) is 11.9 Å². The third-order valence-corrected chi connectivity index (χ3v) is 4.09. The molecular formula is C16H13ClO4. The summed E-state index contributed by atoms with van der Waals surface area (Å²) in [5, 5.41) is 10.8. The minimum Gasteiger partial charge on any atom is -0.485 e. The van der Waals surface area contributed by atoms with Crippen LogP contribution in [0.1, 0.15) is 29.8 Å². The molecule has 108 valence electrons. The Morgan fingerprint density at radius 3 is 2.86 bits per heavy atom. The number of rotatable bonds is 1. The third-order valence-electron chi connectivity index (χ3n) is 3.81. The van der Waals surface area contributed by atoms with E-state index in [-0.39, 0.29) is 12.9 Å². The molecule has 0 bridgehead atoms. The maximum atomic E-state index is 10.3. The highest BCUT2D eigenvalue weighted by molar-refractivity contribution is 6.32. The van der Waals surface area contributed by atoms with Crippen molar-refractivity contribution in [2.45, 2.75) is 18.6 Å². The van der Waals surface area contributed by atoms with Crippen molar-refractivity contribution in [2.75, 3.05) is 6.79 Å². The van der Waals surface area contributed by atoms with Gasteiger partial charge in [0.25, 0.3) is 0 Å². The van der Waals surface area contributed by atoms with Crippen LogP contribution in [0.4, 0.5) is 0 Å². The normalized spacial score (nSPS) is 22.6. The van der Waals surface area contributed by atoms with E-state index < -0.39 is 6.10 Å². The van der Waals surface area contributed by atoms with Crippen molar-refractivity contribution in [1.82, 2.24) is 0 Å². The van der Waals surface area contributed by atoms with Gasteiger partial charge in [0.15, 0.2) is 11.5 Å². The Bertz CT molecular complexity index is 701. The lowest BCUT2D eigenvalue weighted by Crippen LogP contribution is -2.18. The van der Waals surface area contributed by atoms with Gasteiger partial charge >= 0.3 is 0 Å². The highest BCUT2D eigenvalue weighted by Gasteiger charge is 2.30. The van der Waals surface area contributed by atoms with Crippen LogP contribution in [0.2, 0.25) is 5.02 Å². The van der Waals surface area contributed by atoms with E-state index in [4.69, 9.17) is 25.8 Å². The number of benzene rings is 2. The Labute approximate surface area is 126 Å². The number of halogens is 1. The van der Waals surface area contributed by atoms with Crippen molar-refractivity contribution in [1.29, 1.82) is 0 Å². The van der Waals surface area contributed by atoms with Crippen LogP contribution in [-0.2, 0) is 0 Å². The van der Waals surface area contributed by atoms with Crippen LogP contribution < -0.4 is 14.2 Å². The zero-order valence-electron chi connectivity index (χ0n) is 11.1. The van der Waals surface area contributed by atoms with E-state index in [1.165, 1.54) is 0 Å². The Morgan fingerprint density at radius 2 is 1.95 bits per heavy atom. The standard InChI is InChI=1S/C16H13ClO4/c17-11-5-9(6-15-16(11)20-8-19-15)14-7-12(18)10-3-1-2-4-13(10)21-14/h1-6,12,14,18H,7-8H2/t12-,14?/m1/s1. The predicted molar refractivity (Wildman–Crippen MR) is 77.0 cm³/mol. The Balaban J connectivity index is 1.71. The molecule has 2 aromatic rings. The molecule has 5 heteroatoms. The SMILES string of the molecule is O[C@@H]1CC(c2cc(Cl)c3c(c2)OCO3)Oc2ccccc21. The number of aliphatic hydroxyl groups excluding tert-OH is 1. The summed E-state index contributed by atoms with van der Waals surface area (Å²) in [5.74, 6) is 1.89. The number of hydrogen-bond acceptors (Lipinski definition) is 4. The fraction of sp³-hybridized carbons (Fsp3) is 0.250. The maximum absolute atomic E-state index is 10.3. The smallest absolute Gasteiger partial charge is 0.231 e. The maximum Gasteiger partial charge on any atom is 0.231 e. The van der Waals surface area contributed by atoms with Gasteiger partial charge in [0.05, 0.1) is 11.1 Å². The van der Waals surface area contributed by atoms with Gasteiger partial charge in [-0.15, -0.1) is 0 Å². The molecule has 1 N–H and O–H groups in total. The summed E-state index contributed by atoms with van der Waals surface area (Å²) in [5.41, 5.74) is 1.69. The molecule has 2 aliphatic rings. The van der Waals surface area contributed by atoms with Crippen molar-refractivity contribution in [2.24, 2.45) is 0 Å². The van der Waals surface area contributed by atoms with Crippen molar-refractivity contribution in [3.05, 3.63) is 52.5 Å².